The zero-order chi connectivity index (χ0) is 14.0. The van der Waals surface area contributed by atoms with Gasteiger partial charge in [0.2, 0.25) is 0 Å². The van der Waals surface area contributed by atoms with Crippen LogP contribution in [0.3, 0.4) is 0 Å². The lowest BCUT2D eigenvalue weighted by atomic mass is 10.0. The highest BCUT2D eigenvalue weighted by molar-refractivity contribution is 7.80. The summed E-state index contributed by atoms with van der Waals surface area (Å²) in [7, 11) is 0. The van der Waals surface area contributed by atoms with Crippen molar-refractivity contribution < 1.29 is 8.78 Å². The van der Waals surface area contributed by atoms with Gasteiger partial charge in [-0.15, -0.1) is 0 Å². The molecule has 1 aromatic carbocycles. The number of benzene rings is 1. The van der Waals surface area contributed by atoms with Gasteiger partial charge in [0.15, 0.2) is 11.6 Å². The Kier molecular flexibility index (Phi) is 4.34. The Hall–Kier alpha value is -1.23. The third-order valence-corrected chi connectivity index (χ3v) is 3.87. The van der Waals surface area contributed by atoms with Gasteiger partial charge in [-0.25, -0.2) is 8.78 Å². The number of hydrogen-bond donors (Lipinski definition) is 1. The zero-order valence-corrected chi connectivity index (χ0v) is 11.8. The molecule has 104 valence electrons. The second kappa shape index (κ2) is 5.82. The Morgan fingerprint density at radius 1 is 1.42 bits per heavy atom. The molecule has 1 aromatic rings. The predicted octanol–water partition coefficient (Wildman–Crippen LogP) is 3.23. The van der Waals surface area contributed by atoms with Crippen molar-refractivity contribution >= 4 is 22.9 Å². The summed E-state index contributed by atoms with van der Waals surface area (Å²) in [5, 5.41) is 0. The molecule has 2 N–H and O–H groups in total. The number of hydrogen-bond acceptors (Lipinski definition) is 2. The SMILES string of the molecule is CCCC1CCN(c2ccc(C(N)=S)c(F)c2F)C1. The van der Waals surface area contributed by atoms with E-state index in [1.54, 1.807) is 6.07 Å². The van der Waals surface area contributed by atoms with Gasteiger partial charge < -0.3 is 10.6 Å². The van der Waals surface area contributed by atoms with E-state index >= 15 is 0 Å². The Balaban J connectivity index is 2.23. The number of rotatable bonds is 4. The van der Waals surface area contributed by atoms with Gasteiger partial charge in [-0.3, -0.25) is 0 Å². The van der Waals surface area contributed by atoms with Crippen LogP contribution < -0.4 is 10.6 Å². The van der Waals surface area contributed by atoms with Gasteiger partial charge in [0.05, 0.1) is 5.69 Å². The average molecular weight is 284 g/mol. The van der Waals surface area contributed by atoms with Crippen LogP contribution in [0.2, 0.25) is 0 Å². The second-order valence-electron chi connectivity index (χ2n) is 5.01. The van der Waals surface area contributed by atoms with Gasteiger partial charge in [-0.2, -0.15) is 0 Å². The maximum atomic E-state index is 14.1. The van der Waals surface area contributed by atoms with Crippen LogP contribution in [-0.4, -0.2) is 18.1 Å². The molecule has 2 nitrogen and oxygen atoms in total. The molecule has 1 atom stereocenters. The Morgan fingerprint density at radius 2 is 2.16 bits per heavy atom. The third-order valence-electron chi connectivity index (χ3n) is 3.65. The number of halogens is 2. The monoisotopic (exact) mass is 284 g/mol. The molecule has 19 heavy (non-hydrogen) atoms. The Labute approximate surface area is 117 Å². The highest BCUT2D eigenvalue weighted by Gasteiger charge is 2.26. The minimum Gasteiger partial charge on any atom is -0.389 e. The highest BCUT2D eigenvalue weighted by Crippen LogP contribution is 2.30. The van der Waals surface area contributed by atoms with E-state index in [-0.39, 0.29) is 10.6 Å². The fourth-order valence-corrected chi connectivity index (χ4v) is 2.83. The van der Waals surface area contributed by atoms with Gasteiger partial charge in [-0.1, -0.05) is 25.6 Å². The van der Waals surface area contributed by atoms with E-state index in [2.05, 4.69) is 6.92 Å². The van der Waals surface area contributed by atoms with Crippen LogP contribution in [0.4, 0.5) is 14.5 Å². The van der Waals surface area contributed by atoms with E-state index in [9.17, 15) is 8.78 Å². The summed E-state index contributed by atoms with van der Waals surface area (Å²) in [4.78, 5) is 1.79. The zero-order valence-electron chi connectivity index (χ0n) is 11.0. The molecule has 0 spiro atoms. The molecule has 0 bridgehead atoms. The van der Waals surface area contributed by atoms with Crippen LogP contribution in [0.1, 0.15) is 31.7 Å². The van der Waals surface area contributed by atoms with Crippen LogP contribution in [0, 0.1) is 17.6 Å². The molecule has 5 heteroatoms. The fourth-order valence-electron chi connectivity index (χ4n) is 2.67. The minimum atomic E-state index is -0.941. The van der Waals surface area contributed by atoms with Gasteiger partial charge in [-0.05, 0) is 30.9 Å². The first-order chi connectivity index (χ1) is 9.04. The van der Waals surface area contributed by atoms with Crippen molar-refractivity contribution in [3.05, 3.63) is 29.3 Å². The van der Waals surface area contributed by atoms with Crippen molar-refractivity contribution in [1.29, 1.82) is 0 Å². The molecular weight excluding hydrogens is 266 g/mol. The second-order valence-corrected chi connectivity index (χ2v) is 5.45. The summed E-state index contributed by atoms with van der Waals surface area (Å²) in [5.74, 6) is -1.21. The predicted molar refractivity (Wildman–Crippen MR) is 77.5 cm³/mol. The first kappa shape index (κ1) is 14.2. The number of anilines is 1. The lowest BCUT2D eigenvalue weighted by Crippen LogP contribution is -2.22. The minimum absolute atomic E-state index is 0.0273. The molecule has 0 aliphatic carbocycles. The lowest BCUT2D eigenvalue weighted by Gasteiger charge is -2.20. The standard InChI is InChI=1S/C14H18F2N2S/c1-2-3-9-6-7-18(8-9)11-5-4-10(14(17)19)12(15)13(11)16/h4-5,9H,2-3,6-8H2,1H3,(H2,17,19). The summed E-state index contributed by atoms with van der Waals surface area (Å²) >= 11 is 4.70. The van der Waals surface area contributed by atoms with Gasteiger partial charge in [0.25, 0.3) is 0 Å². The van der Waals surface area contributed by atoms with E-state index in [4.69, 9.17) is 18.0 Å². The topological polar surface area (TPSA) is 29.3 Å². The van der Waals surface area contributed by atoms with Crippen LogP contribution in [-0.2, 0) is 0 Å². The molecule has 0 aromatic heterocycles. The summed E-state index contributed by atoms with van der Waals surface area (Å²) in [5.41, 5.74) is 5.65. The van der Waals surface area contributed by atoms with Crippen molar-refractivity contribution in [1.82, 2.24) is 0 Å². The molecule has 0 amide bonds. The molecular formula is C14H18F2N2S. The number of nitrogens with zero attached hydrogens (tertiary/aromatic N) is 1. The molecule has 1 aliphatic heterocycles. The van der Waals surface area contributed by atoms with Gasteiger partial charge in [0, 0.05) is 18.7 Å². The van der Waals surface area contributed by atoms with E-state index in [1.807, 2.05) is 4.90 Å². The first-order valence-electron chi connectivity index (χ1n) is 6.57. The van der Waals surface area contributed by atoms with Crippen molar-refractivity contribution in [2.45, 2.75) is 26.2 Å². The summed E-state index contributed by atoms with van der Waals surface area (Å²) in [6, 6.07) is 3.03. The molecule has 2 rings (SSSR count). The Bertz CT molecular complexity index is 491. The van der Waals surface area contributed by atoms with Crippen molar-refractivity contribution in [3.8, 4) is 0 Å². The first-order valence-corrected chi connectivity index (χ1v) is 6.98. The van der Waals surface area contributed by atoms with Gasteiger partial charge in [0.1, 0.15) is 4.99 Å². The highest BCUT2D eigenvalue weighted by atomic mass is 32.1. The molecule has 1 aliphatic rings. The van der Waals surface area contributed by atoms with Crippen LogP contribution >= 0.6 is 12.2 Å². The Morgan fingerprint density at radius 3 is 2.79 bits per heavy atom. The van der Waals surface area contributed by atoms with E-state index < -0.39 is 11.6 Å². The van der Waals surface area contributed by atoms with Crippen molar-refractivity contribution in [3.63, 3.8) is 0 Å². The number of thiocarbonyl (C=S) groups is 1. The molecule has 1 fully saturated rings. The molecule has 0 radical (unpaired) electrons. The van der Waals surface area contributed by atoms with Crippen molar-refractivity contribution in [2.24, 2.45) is 11.7 Å². The molecule has 1 unspecified atom stereocenters. The van der Waals surface area contributed by atoms with Crippen LogP contribution in [0.5, 0.6) is 0 Å². The lowest BCUT2D eigenvalue weighted by molar-refractivity contribution is 0.503. The quantitative estimate of drug-likeness (QED) is 0.861. The molecule has 1 heterocycles. The van der Waals surface area contributed by atoms with Gasteiger partial charge >= 0.3 is 0 Å². The maximum Gasteiger partial charge on any atom is 0.182 e. The van der Waals surface area contributed by atoms with E-state index in [0.717, 1.165) is 32.4 Å². The summed E-state index contributed by atoms with van der Waals surface area (Å²) < 4.78 is 27.9. The average Bonchev–Trinajstić information content (AvgIpc) is 2.81. The smallest absolute Gasteiger partial charge is 0.182 e. The number of nitrogens with two attached hydrogens (primary N) is 1. The molecule has 0 saturated carbocycles. The molecule has 1 saturated heterocycles. The van der Waals surface area contributed by atoms with E-state index in [1.165, 1.54) is 6.07 Å². The van der Waals surface area contributed by atoms with Crippen molar-refractivity contribution in [2.75, 3.05) is 18.0 Å². The van der Waals surface area contributed by atoms with Crippen LogP contribution in [0.25, 0.3) is 0 Å². The normalized spacial score (nSPS) is 18.9. The summed E-state index contributed by atoms with van der Waals surface area (Å²) in [6.07, 6.45) is 3.28. The summed E-state index contributed by atoms with van der Waals surface area (Å²) in [6.45, 7) is 3.70. The maximum absolute atomic E-state index is 14.1. The van der Waals surface area contributed by atoms with E-state index in [0.29, 0.717) is 11.6 Å². The largest absolute Gasteiger partial charge is 0.389 e. The fraction of sp³-hybridized carbons (Fsp3) is 0.500. The third kappa shape index (κ3) is 2.86. The van der Waals surface area contributed by atoms with Crippen LogP contribution in [0.15, 0.2) is 12.1 Å².